The molecule has 0 aromatic heterocycles. The van der Waals surface area contributed by atoms with E-state index in [0.717, 1.165) is 31.1 Å². The third-order valence-corrected chi connectivity index (χ3v) is 6.77. The van der Waals surface area contributed by atoms with E-state index in [0.29, 0.717) is 12.0 Å². The molecular formula is C44H80O32. The van der Waals surface area contributed by atoms with Crippen molar-refractivity contribution >= 4 is 47.8 Å². The molecule has 32 nitrogen and oxygen atoms in total. The quantitative estimate of drug-likeness (QED) is 0.0299. The lowest BCUT2D eigenvalue weighted by atomic mass is 10.0. The maximum atomic E-state index is 9.87. The van der Waals surface area contributed by atoms with Gasteiger partial charge in [-0.25, -0.2) is 28.8 Å². The number of aliphatic hydroxyl groups is 16. The molecule has 0 rings (SSSR count). The lowest BCUT2D eigenvalue weighted by Gasteiger charge is -2.24. The third kappa shape index (κ3) is 84.4. The third-order valence-electron chi connectivity index (χ3n) is 6.77. The molecule has 0 fully saturated rings. The van der Waals surface area contributed by atoms with Crippen LogP contribution < -0.4 is 0 Å². The van der Waals surface area contributed by atoms with Crippen LogP contribution in [-0.4, -0.2) is 271 Å². The number of carboxylic acids is 8. The minimum absolute atomic E-state index is 0.0810. The molecule has 9 atom stereocenters. The number of unbranched alkanes of at least 4 members (excludes halogenated alkanes) is 1. The Labute approximate surface area is 436 Å². The van der Waals surface area contributed by atoms with E-state index in [9.17, 15) is 38.4 Å². The van der Waals surface area contributed by atoms with E-state index in [4.69, 9.17) is 123 Å². The second-order valence-electron chi connectivity index (χ2n) is 13.3. The highest BCUT2D eigenvalue weighted by atomic mass is 16.4. The fourth-order valence-electron chi connectivity index (χ4n) is 2.39. The topological polar surface area (TPSA) is 622 Å². The van der Waals surface area contributed by atoms with Gasteiger partial charge in [0.2, 0.25) is 0 Å². The molecule has 0 aliphatic carbocycles. The van der Waals surface area contributed by atoms with E-state index in [2.05, 4.69) is 32.9 Å². The van der Waals surface area contributed by atoms with Gasteiger partial charge in [0.25, 0.3) is 0 Å². The summed E-state index contributed by atoms with van der Waals surface area (Å²) in [5.41, 5.74) is -0.218. The molecule has 24 N–H and O–H groups in total. The first-order valence-electron chi connectivity index (χ1n) is 20.9. The van der Waals surface area contributed by atoms with Gasteiger partial charge in [-0.05, 0) is 40.0 Å². The van der Waals surface area contributed by atoms with Crippen molar-refractivity contribution in [1.82, 2.24) is 0 Å². The first kappa shape index (κ1) is 92.2. The minimum atomic E-state index is -1.67. The Morgan fingerprint density at radius 2 is 0.632 bits per heavy atom. The van der Waals surface area contributed by atoms with E-state index in [-0.39, 0.29) is 37.1 Å². The summed E-state index contributed by atoms with van der Waals surface area (Å²) in [6.45, 7) is 17.4. The van der Waals surface area contributed by atoms with Crippen molar-refractivity contribution in [3.8, 4) is 0 Å². The number of allylic oxidation sites excluding steroid dienone is 1. The van der Waals surface area contributed by atoms with Crippen LogP contribution in [0.1, 0.15) is 52.9 Å². The summed E-state index contributed by atoms with van der Waals surface area (Å²) < 4.78 is 0. The molecule has 0 spiro atoms. The lowest BCUT2D eigenvalue weighted by molar-refractivity contribution is -0.139. The number of carboxylic acid groups (broad SMARTS) is 8. The Bertz CT molecular complexity index is 1470. The van der Waals surface area contributed by atoms with Crippen molar-refractivity contribution in [1.29, 1.82) is 0 Å². The van der Waals surface area contributed by atoms with Crippen molar-refractivity contribution in [2.45, 2.75) is 108 Å². The SMILES string of the molecule is C=C(CC(=O)O)C(=O)O.C=C(CC(=O)O)C(=O)O.C=CC(=O)O.C=CC(=O)O.C=CC(=O)O.CC(O)CCO.CC=C(C)C(=O)O.OCC(O)C(O)C(O)C(O)CO.OCC(O)C(O)C(O)C(O)CO.OCCCCO. The number of carbonyl (C=O) groups is 8. The number of aliphatic carboxylic acids is 8. The van der Waals surface area contributed by atoms with Crippen LogP contribution >= 0.6 is 0 Å². The maximum absolute atomic E-state index is 9.87. The van der Waals surface area contributed by atoms with Gasteiger partial charge in [-0.3, -0.25) is 9.59 Å². The minimum Gasteiger partial charge on any atom is -0.481 e. The first-order chi connectivity index (χ1) is 34.8. The normalized spacial score (nSPS) is 13.0. The molecule has 76 heavy (non-hydrogen) atoms. The second-order valence-corrected chi connectivity index (χ2v) is 13.3. The molecule has 448 valence electrons. The summed E-state index contributed by atoms with van der Waals surface area (Å²) >= 11 is 0. The summed E-state index contributed by atoms with van der Waals surface area (Å²) in [5.74, 6) is -8.68. The fourth-order valence-corrected chi connectivity index (χ4v) is 2.39. The zero-order chi connectivity index (χ0) is 62.9. The standard InChI is InChI=1S/2C6H14O6.2C5H6O4.C5H8O2.2C4H10O2.3C3H4O2/c2*7-1-3(9)5(11)6(12)4(10)2-8;2*1-3(5(8)9)2-4(6)7;1-3-4(2)5(6)7;1-4(6)2-3-5;5-3-1-2-4-6;3*1-2-3(4)5/h2*3-12H,1-2H2;2*1-2H2,(H,6,7)(H,8,9);3H,1-2H3,(H,6,7);4-6H,2-3H2,1H3;5-6H,1-4H2;3*2H,1H2,(H,4,5). The molecule has 0 aliphatic heterocycles. The maximum Gasteiger partial charge on any atom is 0.331 e. The van der Waals surface area contributed by atoms with Crippen LogP contribution in [0.3, 0.4) is 0 Å². The molecule has 0 bridgehead atoms. The Balaban J connectivity index is -0.0000000810. The van der Waals surface area contributed by atoms with Crippen LogP contribution in [0, 0.1) is 0 Å². The monoisotopic (exact) mass is 1120 g/mol. The molecule has 0 heterocycles. The highest BCUT2D eigenvalue weighted by Crippen LogP contribution is 2.05. The van der Waals surface area contributed by atoms with Crippen LogP contribution in [0.2, 0.25) is 0 Å². The van der Waals surface area contributed by atoms with Gasteiger partial charge < -0.3 is 123 Å². The Morgan fingerprint density at radius 1 is 0.421 bits per heavy atom. The van der Waals surface area contributed by atoms with Crippen LogP contribution in [-0.2, 0) is 38.4 Å². The number of rotatable bonds is 25. The van der Waals surface area contributed by atoms with Crippen molar-refractivity contribution in [3.63, 3.8) is 0 Å². The predicted molar refractivity (Wildman–Crippen MR) is 262 cm³/mol. The van der Waals surface area contributed by atoms with Crippen LogP contribution in [0.5, 0.6) is 0 Å². The van der Waals surface area contributed by atoms with Gasteiger partial charge in [-0.2, -0.15) is 0 Å². The van der Waals surface area contributed by atoms with Gasteiger partial charge in [0.15, 0.2) is 0 Å². The van der Waals surface area contributed by atoms with Gasteiger partial charge in [0, 0.05) is 54.8 Å². The summed E-state index contributed by atoms with van der Waals surface area (Å²) in [6, 6.07) is 0. The number of hydrogen-bond acceptors (Lipinski definition) is 24. The van der Waals surface area contributed by atoms with E-state index < -0.39 is 136 Å². The number of hydrogen-bond donors (Lipinski definition) is 24. The smallest absolute Gasteiger partial charge is 0.331 e. The molecular weight excluding hydrogens is 1040 g/mol. The van der Waals surface area contributed by atoms with E-state index in [1.807, 2.05) is 0 Å². The highest BCUT2D eigenvalue weighted by Gasteiger charge is 2.30. The average Bonchev–Trinajstić information content (AvgIpc) is 3.36. The van der Waals surface area contributed by atoms with Crippen LogP contribution in [0.15, 0.2) is 73.9 Å². The molecule has 32 heteroatoms. The van der Waals surface area contributed by atoms with Gasteiger partial charge in [-0.1, -0.05) is 39.0 Å². The summed E-state index contributed by atoms with van der Waals surface area (Å²) in [7, 11) is 0. The Kier molecular flexibility index (Phi) is 78.4. The summed E-state index contributed by atoms with van der Waals surface area (Å²) in [4.78, 5) is 76.9. The summed E-state index contributed by atoms with van der Waals surface area (Å²) in [6.07, 6.45) is -8.16. The lowest BCUT2D eigenvalue weighted by Crippen LogP contribution is -2.46. The molecule has 0 saturated carbocycles. The molecule has 0 saturated heterocycles. The largest absolute Gasteiger partial charge is 0.481 e. The molecule has 9 unspecified atom stereocenters. The zero-order valence-corrected chi connectivity index (χ0v) is 42.0. The highest BCUT2D eigenvalue weighted by molar-refractivity contribution is 5.92. The van der Waals surface area contributed by atoms with Gasteiger partial charge >= 0.3 is 47.8 Å². The molecule has 0 amide bonds. The Morgan fingerprint density at radius 3 is 0.684 bits per heavy atom. The van der Waals surface area contributed by atoms with Gasteiger partial charge in [-0.15, -0.1) is 0 Å². The molecule has 0 radical (unpaired) electrons. The number of aliphatic hydroxyl groups excluding tert-OH is 16. The van der Waals surface area contributed by atoms with Crippen molar-refractivity contribution < 1.29 is 161 Å². The average molecular weight is 1120 g/mol. The van der Waals surface area contributed by atoms with Crippen molar-refractivity contribution in [3.05, 3.63) is 73.9 Å². The van der Waals surface area contributed by atoms with Crippen molar-refractivity contribution in [2.24, 2.45) is 0 Å². The van der Waals surface area contributed by atoms with Gasteiger partial charge in [0.05, 0.1) is 45.4 Å². The fraction of sp³-hybridized carbons (Fsp3) is 0.545. The van der Waals surface area contributed by atoms with E-state index >= 15 is 0 Å². The Hall–Kier alpha value is -6.44. The summed E-state index contributed by atoms with van der Waals surface area (Å²) in [5, 5.41) is 200. The zero-order valence-electron chi connectivity index (χ0n) is 42.0. The van der Waals surface area contributed by atoms with Crippen molar-refractivity contribution in [2.75, 3.05) is 46.2 Å². The predicted octanol–water partition coefficient (Wildman–Crippen LogP) is -5.66. The molecule has 0 aromatic rings. The molecule has 0 aliphatic rings. The van der Waals surface area contributed by atoms with Crippen LogP contribution in [0.25, 0.3) is 0 Å². The van der Waals surface area contributed by atoms with Crippen LogP contribution in [0.4, 0.5) is 0 Å². The van der Waals surface area contributed by atoms with E-state index in [1.54, 1.807) is 26.8 Å². The molecule has 0 aromatic carbocycles. The second kappa shape index (κ2) is 64.7. The van der Waals surface area contributed by atoms with Gasteiger partial charge in [0.1, 0.15) is 48.8 Å². The van der Waals surface area contributed by atoms with E-state index in [1.165, 1.54) is 0 Å². The first-order valence-corrected chi connectivity index (χ1v) is 20.9.